The van der Waals surface area contributed by atoms with E-state index >= 15 is 0 Å². The second-order valence-corrected chi connectivity index (χ2v) is 6.13. The molecule has 0 saturated carbocycles. The van der Waals surface area contributed by atoms with Gasteiger partial charge in [-0.15, -0.1) is 0 Å². The van der Waals surface area contributed by atoms with E-state index in [4.69, 9.17) is 5.11 Å². The van der Waals surface area contributed by atoms with E-state index in [1.165, 1.54) is 6.92 Å². The van der Waals surface area contributed by atoms with Crippen molar-refractivity contribution in [2.75, 3.05) is 11.5 Å². The maximum absolute atomic E-state index is 11.4. The minimum absolute atomic E-state index is 0.139. The Hall–Kier alpha value is -1.11. The number of carboxylic acid groups (broad SMARTS) is 1. The minimum atomic E-state index is -3.66. The number of rotatable bonds is 6. The molecule has 2 N–H and O–H groups in total. The number of nitrogens with one attached hydrogen (secondary N) is 1. The van der Waals surface area contributed by atoms with Crippen molar-refractivity contribution in [2.45, 2.75) is 26.8 Å². The fourth-order valence-electron chi connectivity index (χ4n) is 1.07. The summed E-state index contributed by atoms with van der Waals surface area (Å²) >= 11 is 0. The van der Waals surface area contributed by atoms with Crippen molar-refractivity contribution in [3.05, 3.63) is 0 Å². The van der Waals surface area contributed by atoms with Crippen LogP contribution in [0.4, 0.5) is 0 Å². The van der Waals surface area contributed by atoms with Gasteiger partial charge in [-0.2, -0.15) is 0 Å². The number of carbonyl (C=O) groups excluding carboxylic acids is 1. The second-order valence-electron chi connectivity index (χ2n) is 4.02. The van der Waals surface area contributed by atoms with Crippen LogP contribution < -0.4 is 5.32 Å². The van der Waals surface area contributed by atoms with Crippen molar-refractivity contribution in [3.63, 3.8) is 0 Å². The number of aliphatic carboxylic acids is 1. The molecule has 16 heavy (non-hydrogen) atoms. The van der Waals surface area contributed by atoms with Crippen molar-refractivity contribution >= 4 is 21.7 Å². The molecule has 6 nitrogen and oxygen atoms in total. The standard InChI is InChI=1S/C9H17NO5S/c1-6(2)10-8(11)5-16(14,15)4-7(3)9(12)13/h6-7H,4-5H2,1-3H3,(H,10,11)(H,12,13). The molecule has 0 heterocycles. The number of amides is 1. The van der Waals surface area contributed by atoms with Crippen molar-refractivity contribution in [2.24, 2.45) is 5.92 Å². The van der Waals surface area contributed by atoms with Crippen molar-refractivity contribution in [3.8, 4) is 0 Å². The molecule has 1 unspecified atom stereocenters. The maximum Gasteiger partial charge on any atom is 0.307 e. The van der Waals surface area contributed by atoms with Crippen LogP contribution >= 0.6 is 0 Å². The molecular weight excluding hydrogens is 234 g/mol. The fourth-order valence-corrected chi connectivity index (χ4v) is 2.58. The van der Waals surface area contributed by atoms with Crippen LogP contribution in [0.15, 0.2) is 0 Å². The molecule has 0 aliphatic rings. The third-order valence-corrected chi connectivity index (χ3v) is 3.44. The van der Waals surface area contributed by atoms with Crippen molar-refractivity contribution in [1.29, 1.82) is 0 Å². The van der Waals surface area contributed by atoms with E-state index < -0.39 is 39.1 Å². The Bertz CT molecular complexity index is 360. The molecule has 0 saturated heterocycles. The van der Waals surface area contributed by atoms with E-state index in [-0.39, 0.29) is 6.04 Å². The van der Waals surface area contributed by atoms with Gasteiger partial charge in [0.2, 0.25) is 5.91 Å². The van der Waals surface area contributed by atoms with Crippen LogP contribution in [0, 0.1) is 5.92 Å². The lowest BCUT2D eigenvalue weighted by atomic mass is 10.2. The summed E-state index contributed by atoms with van der Waals surface area (Å²) in [5.41, 5.74) is 0. The van der Waals surface area contributed by atoms with Gasteiger partial charge in [0.25, 0.3) is 0 Å². The fraction of sp³-hybridized carbons (Fsp3) is 0.778. The zero-order valence-corrected chi connectivity index (χ0v) is 10.4. The molecular formula is C9H17NO5S. The molecule has 1 atom stereocenters. The second kappa shape index (κ2) is 5.83. The molecule has 0 aliphatic heterocycles. The number of hydrogen-bond acceptors (Lipinski definition) is 4. The smallest absolute Gasteiger partial charge is 0.307 e. The van der Waals surface area contributed by atoms with Gasteiger partial charge < -0.3 is 10.4 Å². The lowest BCUT2D eigenvalue weighted by molar-refractivity contribution is -0.140. The first-order valence-electron chi connectivity index (χ1n) is 4.86. The molecule has 0 fully saturated rings. The lowest BCUT2D eigenvalue weighted by Gasteiger charge is -2.10. The first-order valence-corrected chi connectivity index (χ1v) is 6.69. The van der Waals surface area contributed by atoms with Crippen LogP contribution in [0.25, 0.3) is 0 Å². The predicted molar refractivity (Wildman–Crippen MR) is 58.7 cm³/mol. The SMILES string of the molecule is CC(C)NC(=O)CS(=O)(=O)CC(C)C(=O)O. The molecule has 0 aliphatic carbocycles. The average molecular weight is 251 g/mol. The predicted octanol–water partition coefficient (Wildman–Crippen LogP) is -0.353. The van der Waals surface area contributed by atoms with Gasteiger partial charge >= 0.3 is 5.97 Å². The van der Waals surface area contributed by atoms with Gasteiger partial charge in [0, 0.05) is 6.04 Å². The number of carboxylic acids is 1. The van der Waals surface area contributed by atoms with Gasteiger partial charge in [0.05, 0.1) is 11.7 Å². The average Bonchev–Trinajstić information content (AvgIpc) is 1.98. The third kappa shape index (κ3) is 6.39. The van der Waals surface area contributed by atoms with Crippen LogP contribution in [0.1, 0.15) is 20.8 Å². The van der Waals surface area contributed by atoms with Crippen LogP contribution in [0.3, 0.4) is 0 Å². The normalized spacial score (nSPS) is 13.5. The molecule has 0 aromatic heterocycles. The molecule has 1 amide bonds. The Balaban J connectivity index is 4.36. The van der Waals surface area contributed by atoms with Gasteiger partial charge in [-0.25, -0.2) is 8.42 Å². The van der Waals surface area contributed by atoms with E-state index in [1.54, 1.807) is 13.8 Å². The Morgan fingerprint density at radius 1 is 1.25 bits per heavy atom. The topological polar surface area (TPSA) is 101 Å². The van der Waals surface area contributed by atoms with Crippen molar-refractivity contribution < 1.29 is 23.1 Å². The minimum Gasteiger partial charge on any atom is -0.481 e. The highest BCUT2D eigenvalue weighted by atomic mass is 32.2. The molecule has 0 aromatic carbocycles. The highest BCUT2D eigenvalue weighted by Crippen LogP contribution is 2.02. The van der Waals surface area contributed by atoms with E-state index in [0.717, 1.165) is 0 Å². The number of sulfone groups is 1. The van der Waals surface area contributed by atoms with Crippen molar-refractivity contribution in [1.82, 2.24) is 5.32 Å². The van der Waals surface area contributed by atoms with Gasteiger partial charge in [0.15, 0.2) is 9.84 Å². The Morgan fingerprint density at radius 2 is 1.75 bits per heavy atom. The third-order valence-electron chi connectivity index (χ3n) is 1.73. The molecule has 94 valence electrons. The van der Waals surface area contributed by atoms with Crippen LogP contribution in [0.2, 0.25) is 0 Å². The van der Waals surface area contributed by atoms with Gasteiger partial charge in [-0.05, 0) is 13.8 Å². The molecule has 0 aromatic rings. The van der Waals surface area contributed by atoms with Gasteiger partial charge in [0.1, 0.15) is 5.75 Å². The maximum atomic E-state index is 11.4. The monoisotopic (exact) mass is 251 g/mol. The number of carbonyl (C=O) groups is 2. The molecule has 0 rings (SSSR count). The molecule has 0 radical (unpaired) electrons. The Morgan fingerprint density at radius 3 is 2.12 bits per heavy atom. The summed E-state index contributed by atoms with van der Waals surface area (Å²) in [4.78, 5) is 21.7. The molecule has 0 spiro atoms. The van der Waals surface area contributed by atoms with Crippen LogP contribution in [-0.4, -0.2) is 42.9 Å². The quantitative estimate of drug-likeness (QED) is 0.671. The van der Waals surface area contributed by atoms with E-state index in [2.05, 4.69) is 5.32 Å². The highest BCUT2D eigenvalue weighted by molar-refractivity contribution is 7.92. The Labute approximate surface area is 95.0 Å². The van der Waals surface area contributed by atoms with Crippen LogP contribution in [-0.2, 0) is 19.4 Å². The molecule has 0 bridgehead atoms. The zero-order chi connectivity index (χ0) is 12.9. The lowest BCUT2D eigenvalue weighted by Crippen LogP contribution is -2.36. The van der Waals surface area contributed by atoms with Gasteiger partial charge in [-0.3, -0.25) is 9.59 Å². The number of hydrogen-bond donors (Lipinski definition) is 2. The summed E-state index contributed by atoms with van der Waals surface area (Å²) < 4.78 is 22.8. The van der Waals surface area contributed by atoms with Crippen LogP contribution in [0.5, 0.6) is 0 Å². The zero-order valence-electron chi connectivity index (χ0n) is 9.56. The Kier molecular flexibility index (Phi) is 5.43. The largest absolute Gasteiger partial charge is 0.481 e. The first-order chi connectivity index (χ1) is 7.14. The van der Waals surface area contributed by atoms with E-state index in [1.807, 2.05) is 0 Å². The summed E-state index contributed by atoms with van der Waals surface area (Å²) in [7, 11) is -3.66. The van der Waals surface area contributed by atoms with Gasteiger partial charge in [-0.1, -0.05) is 6.92 Å². The van der Waals surface area contributed by atoms with E-state index in [0.29, 0.717) is 0 Å². The summed E-state index contributed by atoms with van der Waals surface area (Å²) in [5, 5.41) is 11.0. The molecule has 7 heteroatoms. The summed E-state index contributed by atoms with van der Waals surface area (Å²) in [6.07, 6.45) is 0. The van der Waals surface area contributed by atoms with E-state index in [9.17, 15) is 18.0 Å². The summed E-state index contributed by atoms with van der Waals surface area (Å²) in [6.45, 7) is 4.72. The highest BCUT2D eigenvalue weighted by Gasteiger charge is 2.23. The first kappa shape index (κ1) is 14.9. The summed E-state index contributed by atoms with van der Waals surface area (Å²) in [6, 6.07) is -0.139. The summed E-state index contributed by atoms with van der Waals surface area (Å²) in [5.74, 6) is -3.98.